The molecule has 1 saturated heterocycles. The average molecular weight is 419 g/mol. The van der Waals surface area contributed by atoms with Gasteiger partial charge in [-0.3, -0.25) is 9.48 Å². The van der Waals surface area contributed by atoms with Crippen molar-refractivity contribution >= 4 is 15.9 Å². The molecule has 29 heavy (non-hydrogen) atoms. The predicted octanol–water partition coefficient (Wildman–Crippen LogP) is 2.82. The van der Waals surface area contributed by atoms with Gasteiger partial charge in [-0.15, -0.1) is 0 Å². The summed E-state index contributed by atoms with van der Waals surface area (Å²) in [6.07, 6.45) is 2.83. The van der Waals surface area contributed by atoms with E-state index in [0.29, 0.717) is 24.3 Å². The number of aryl methyl sites for hydroxylation is 1. The Hall–Kier alpha value is -2.19. The van der Waals surface area contributed by atoms with Crippen molar-refractivity contribution in [3.63, 3.8) is 0 Å². The van der Waals surface area contributed by atoms with Crippen LogP contribution in [0.2, 0.25) is 0 Å². The molecule has 1 aliphatic heterocycles. The van der Waals surface area contributed by atoms with Crippen LogP contribution < -0.4 is 5.32 Å². The van der Waals surface area contributed by atoms with Crippen molar-refractivity contribution in [2.45, 2.75) is 56.9 Å². The molecule has 0 atom stereocenters. The lowest BCUT2D eigenvalue weighted by Gasteiger charge is -2.26. The Balaban J connectivity index is 1.78. The monoisotopic (exact) mass is 418 g/mol. The summed E-state index contributed by atoms with van der Waals surface area (Å²) in [5.74, 6) is -0.277. The lowest BCUT2D eigenvalue weighted by molar-refractivity contribution is 0.0941. The largest absolute Gasteiger partial charge is 0.347 e. The highest BCUT2D eigenvalue weighted by Gasteiger charge is 2.28. The van der Waals surface area contributed by atoms with Crippen LogP contribution in [0.15, 0.2) is 35.2 Å². The summed E-state index contributed by atoms with van der Waals surface area (Å²) < 4.78 is 29.3. The number of carbonyl (C=O) groups is 1. The normalized spacial score (nSPS) is 16.0. The van der Waals surface area contributed by atoms with Crippen LogP contribution >= 0.6 is 0 Å². The standard InChI is InChI=1S/C21H30N4O3S/c1-21(2,3)19-14-17(24(4)23-19)20(26)22-15-16-10-6-7-11-18(16)29(27,28)25-12-8-5-9-13-25/h6-7,10-11,14H,5,8-9,12-13,15H2,1-4H3,(H,22,26). The Morgan fingerprint density at radius 3 is 2.41 bits per heavy atom. The second kappa shape index (κ2) is 8.28. The molecule has 0 spiro atoms. The zero-order chi connectivity index (χ0) is 21.2. The van der Waals surface area contributed by atoms with Crippen molar-refractivity contribution in [3.05, 3.63) is 47.3 Å². The molecule has 1 aromatic carbocycles. The van der Waals surface area contributed by atoms with Gasteiger partial charge in [0, 0.05) is 32.1 Å². The topological polar surface area (TPSA) is 84.3 Å². The van der Waals surface area contributed by atoms with Crippen LogP contribution in [0, 0.1) is 0 Å². The Kier molecular flexibility index (Phi) is 6.14. The SMILES string of the molecule is Cn1nc(C(C)(C)C)cc1C(=O)NCc1ccccc1S(=O)(=O)N1CCCCC1. The molecule has 0 saturated carbocycles. The van der Waals surface area contributed by atoms with Crippen LogP contribution in [0.5, 0.6) is 0 Å². The lowest BCUT2D eigenvalue weighted by Crippen LogP contribution is -2.36. The maximum absolute atomic E-state index is 13.1. The van der Waals surface area contributed by atoms with Crippen molar-refractivity contribution in [2.24, 2.45) is 7.05 Å². The molecule has 2 heterocycles. The van der Waals surface area contributed by atoms with Gasteiger partial charge in [0.25, 0.3) is 5.91 Å². The second-order valence-electron chi connectivity index (χ2n) is 8.54. The molecule has 2 aromatic rings. The van der Waals surface area contributed by atoms with Gasteiger partial charge < -0.3 is 5.32 Å². The predicted molar refractivity (Wildman–Crippen MR) is 112 cm³/mol. The lowest BCUT2D eigenvalue weighted by atomic mass is 9.92. The molecule has 1 aromatic heterocycles. The number of piperidine rings is 1. The van der Waals surface area contributed by atoms with Crippen LogP contribution in [-0.4, -0.2) is 41.5 Å². The zero-order valence-corrected chi connectivity index (χ0v) is 18.4. The molecule has 8 heteroatoms. The van der Waals surface area contributed by atoms with Gasteiger partial charge in [-0.1, -0.05) is 45.4 Å². The van der Waals surface area contributed by atoms with E-state index in [1.54, 1.807) is 46.4 Å². The Labute approximate surface area is 173 Å². The number of carbonyl (C=O) groups excluding carboxylic acids is 1. The van der Waals surface area contributed by atoms with E-state index in [2.05, 4.69) is 10.4 Å². The third kappa shape index (κ3) is 4.70. The summed E-state index contributed by atoms with van der Waals surface area (Å²) in [4.78, 5) is 13.0. The average Bonchev–Trinajstić information content (AvgIpc) is 3.09. The number of hydrogen-bond acceptors (Lipinski definition) is 4. The first-order chi connectivity index (χ1) is 13.6. The van der Waals surface area contributed by atoms with E-state index in [-0.39, 0.29) is 22.8 Å². The summed E-state index contributed by atoms with van der Waals surface area (Å²) in [6.45, 7) is 7.36. The van der Waals surface area contributed by atoms with E-state index in [0.717, 1.165) is 25.0 Å². The van der Waals surface area contributed by atoms with Crippen LogP contribution in [0.4, 0.5) is 0 Å². The fraction of sp³-hybridized carbons (Fsp3) is 0.524. The van der Waals surface area contributed by atoms with Gasteiger partial charge >= 0.3 is 0 Å². The van der Waals surface area contributed by atoms with Crippen molar-refractivity contribution in [3.8, 4) is 0 Å². The molecule has 1 fully saturated rings. The van der Waals surface area contributed by atoms with Crippen LogP contribution in [0.1, 0.15) is 61.8 Å². The summed E-state index contributed by atoms with van der Waals surface area (Å²) in [7, 11) is -1.83. The number of rotatable bonds is 5. The first-order valence-corrected chi connectivity index (χ1v) is 11.5. The van der Waals surface area contributed by atoms with Crippen molar-refractivity contribution in [1.82, 2.24) is 19.4 Å². The fourth-order valence-corrected chi connectivity index (χ4v) is 5.20. The number of aromatic nitrogens is 2. The van der Waals surface area contributed by atoms with E-state index < -0.39 is 10.0 Å². The minimum absolute atomic E-state index is 0.137. The maximum atomic E-state index is 13.1. The van der Waals surface area contributed by atoms with Gasteiger partial charge in [-0.25, -0.2) is 8.42 Å². The van der Waals surface area contributed by atoms with Gasteiger partial charge in [-0.05, 0) is 30.5 Å². The number of amides is 1. The molecule has 0 radical (unpaired) electrons. The third-order valence-electron chi connectivity index (χ3n) is 5.23. The highest BCUT2D eigenvalue weighted by atomic mass is 32.2. The van der Waals surface area contributed by atoms with Gasteiger partial charge in [0.05, 0.1) is 10.6 Å². The highest BCUT2D eigenvalue weighted by molar-refractivity contribution is 7.89. The van der Waals surface area contributed by atoms with Gasteiger partial charge in [-0.2, -0.15) is 9.40 Å². The number of sulfonamides is 1. The van der Waals surface area contributed by atoms with E-state index in [1.807, 2.05) is 20.8 Å². The van der Waals surface area contributed by atoms with Crippen molar-refractivity contribution in [1.29, 1.82) is 0 Å². The van der Waals surface area contributed by atoms with E-state index in [9.17, 15) is 13.2 Å². The molecule has 0 aliphatic carbocycles. The molecule has 1 aliphatic rings. The molecule has 0 unspecified atom stereocenters. The number of benzene rings is 1. The van der Waals surface area contributed by atoms with E-state index in [4.69, 9.17) is 0 Å². The number of hydrogen-bond donors (Lipinski definition) is 1. The quantitative estimate of drug-likeness (QED) is 0.809. The highest BCUT2D eigenvalue weighted by Crippen LogP contribution is 2.24. The number of nitrogens with zero attached hydrogens (tertiary/aromatic N) is 3. The number of nitrogens with one attached hydrogen (secondary N) is 1. The summed E-state index contributed by atoms with van der Waals surface area (Å²) in [5.41, 5.74) is 1.71. The fourth-order valence-electron chi connectivity index (χ4n) is 3.46. The molecular weight excluding hydrogens is 388 g/mol. The summed E-state index contributed by atoms with van der Waals surface area (Å²) in [5, 5.41) is 7.28. The minimum atomic E-state index is -3.56. The first kappa shape index (κ1) is 21.5. The molecule has 1 N–H and O–H groups in total. The zero-order valence-electron chi connectivity index (χ0n) is 17.6. The van der Waals surface area contributed by atoms with Crippen molar-refractivity contribution < 1.29 is 13.2 Å². The van der Waals surface area contributed by atoms with Gasteiger partial charge in [0.2, 0.25) is 10.0 Å². The van der Waals surface area contributed by atoms with Gasteiger partial charge in [0.1, 0.15) is 5.69 Å². The first-order valence-electron chi connectivity index (χ1n) is 10.0. The molecule has 158 valence electrons. The Morgan fingerprint density at radius 1 is 1.14 bits per heavy atom. The Bertz CT molecular complexity index is 984. The smallest absolute Gasteiger partial charge is 0.269 e. The summed E-state index contributed by atoms with van der Waals surface area (Å²) >= 11 is 0. The van der Waals surface area contributed by atoms with Crippen LogP contribution in [0.25, 0.3) is 0 Å². The molecule has 3 rings (SSSR count). The van der Waals surface area contributed by atoms with Crippen molar-refractivity contribution in [2.75, 3.05) is 13.1 Å². The Morgan fingerprint density at radius 2 is 1.79 bits per heavy atom. The maximum Gasteiger partial charge on any atom is 0.269 e. The minimum Gasteiger partial charge on any atom is -0.347 e. The second-order valence-corrected chi connectivity index (χ2v) is 10.4. The summed E-state index contributed by atoms with van der Waals surface area (Å²) in [6, 6.07) is 8.66. The third-order valence-corrected chi connectivity index (χ3v) is 7.22. The molecule has 1 amide bonds. The van der Waals surface area contributed by atoms with E-state index >= 15 is 0 Å². The van der Waals surface area contributed by atoms with Crippen LogP contribution in [0.3, 0.4) is 0 Å². The molecule has 0 bridgehead atoms. The van der Waals surface area contributed by atoms with Crippen LogP contribution in [-0.2, 0) is 29.0 Å². The molecule has 7 nitrogen and oxygen atoms in total. The van der Waals surface area contributed by atoms with E-state index in [1.165, 1.54) is 0 Å². The van der Waals surface area contributed by atoms with Gasteiger partial charge in [0.15, 0.2) is 0 Å². The molecular formula is C21H30N4O3S.